The summed E-state index contributed by atoms with van der Waals surface area (Å²) in [6, 6.07) is 6.22. The minimum atomic E-state index is -0.833. The van der Waals surface area contributed by atoms with Gasteiger partial charge in [0.05, 0.1) is 4.88 Å². The van der Waals surface area contributed by atoms with Gasteiger partial charge in [0.2, 0.25) is 0 Å². The van der Waals surface area contributed by atoms with E-state index >= 15 is 0 Å². The SMILES string of the molecule is O=C(O)CCC1CCCCN1C(=O)c1cc2cc(F)ccc2s1. The van der Waals surface area contributed by atoms with E-state index in [1.807, 2.05) is 0 Å². The maximum absolute atomic E-state index is 13.3. The van der Waals surface area contributed by atoms with Crippen LogP contribution in [0.25, 0.3) is 10.1 Å². The molecule has 4 nitrogen and oxygen atoms in total. The quantitative estimate of drug-likeness (QED) is 0.922. The Morgan fingerprint density at radius 1 is 1.30 bits per heavy atom. The first kappa shape index (κ1) is 15.9. The summed E-state index contributed by atoms with van der Waals surface area (Å²) in [6.07, 6.45) is 3.37. The minimum Gasteiger partial charge on any atom is -0.481 e. The average molecular weight is 335 g/mol. The van der Waals surface area contributed by atoms with Crippen LogP contribution in [-0.2, 0) is 4.79 Å². The zero-order chi connectivity index (χ0) is 16.4. The van der Waals surface area contributed by atoms with Crippen LogP contribution in [0.4, 0.5) is 4.39 Å². The van der Waals surface area contributed by atoms with Crippen LogP contribution in [0.15, 0.2) is 24.3 Å². The normalized spacial score (nSPS) is 18.3. The van der Waals surface area contributed by atoms with Crippen LogP contribution in [0.1, 0.15) is 41.8 Å². The van der Waals surface area contributed by atoms with Crippen LogP contribution in [-0.4, -0.2) is 34.5 Å². The van der Waals surface area contributed by atoms with Gasteiger partial charge in [-0.15, -0.1) is 11.3 Å². The number of carbonyl (C=O) groups excluding carboxylic acids is 1. The highest BCUT2D eigenvalue weighted by Gasteiger charge is 2.28. The average Bonchev–Trinajstić information content (AvgIpc) is 2.95. The van der Waals surface area contributed by atoms with Gasteiger partial charge in [-0.25, -0.2) is 4.39 Å². The summed E-state index contributed by atoms with van der Waals surface area (Å²) in [5.41, 5.74) is 0. The molecule has 23 heavy (non-hydrogen) atoms. The first-order chi connectivity index (χ1) is 11.0. The molecule has 0 saturated carbocycles. The Bertz CT molecular complexity index is 743. The van der Waals surface area contributed by atoms with E-state index in [2.05, 4.69) is 0 Å². The van der Waals surface area contributed by atoms with Gasteiger partial charge in [0, 0.05) is 23.7 Å². The van der Waals surface area contributed by atoms with Crippen molar-refractivity contribution in [3.05, 3.63) is 35.0 Å². The summed E-state index contributed by atoms with van der Waals surface area (Å²) < 4.78 is 14.2. The van der Waals surface area contributed by atoms with Crippen molar-refractivity contribution >= 4 is 33.3 Å². The largest absolute Gasteiger partial charge is 0.481 e. The molecule has 3 rings (SSSR count). The molecule has 1 unspecified atom stereocenters. The Labute approximate surface area is 137 Å². The maximum atomic E-state index is 13.3. The monoisotopic (exact) mass is 335 g/mol. The van der Waals surface area contributed by atoms with Crippen LogP contribution in [0.2, 0.25) is 0 Å². The summed E-state index contributed by atoms with van der Waals surface area (Å²) in [5.74, 6) is -1.21. The lowest BCUT2D eigenvalue weighted by Gasteiger charge is -2.35. The highest BCUT2D eigenvalue weighted by atomic mass is 32.1. The van der Waals surface area contributed by atoms with Crippen molar-refractivity contribution < 1.29 is 19.1 Å². The van der Waals surface area contributed by atoms with Crippen LogP contribution < -0.4 is 0 Å². The maximum Gasteiger partial charge on any atom is 0.303 e. The van der Waals surface area contributed by atoms with E-state index in [4.69, 9.17) is 5.11 Å². The molecule has 0 bridgehead atoms. The van der Waals surface area contributed by atoms with E-state index in [0.717, 1.165) is 29.3 Å². The molecular formula is C17H18FNO3S. The summed E-state index contributed by atoms with van der Waals surface area (Å²) >= 11 is 1.36. The number of nitrogens with zero attached hydrogens (tertiary/aromatic N) is 1. The van der Waals surface area contributed by atoms with Crippen LogP contribution >= 0.6 is 11.3 Å². The molecule has 2 heterocycles. The smallest absolute Gasteiger partial charge is 0.303 e. The fourth-order valence-corrected chi connectivity index (χ4v) is 4.12. The number of carboxylic acid groups (broad SMARTS) is 1. The van der Waals surface area contributed by atoms with Crippen LogP contribution in [0.5, 0.6) is 0 Å². The molecule has 6 heteroatoms. The summed E-state index contributed by atoms with van der Waals surface area (Å²) in [5, 5.41) is 9.60. The molecule has 1 N–H and O–H groups in total. The van der Waals surface area contributed by atoms with E-state index in [1.165, 1.54) is 23.5 Å². The summed E-state index contributed by atoms with van der Waals surface area (Å²) in [6.45, 7) is 0.658. The molecule has 1 aromatic carbocycles. The topological polar surface area (TPSA) is 57.6 Å². The lowest BCUT2D eigenvalue weighted by atomic mass is 9.97. The number of halogens is 1. The van der Waals surface area contributed by atoms with Gasteiger partial charge >= 0.3 is 5.97 Å². The number of likely N-dealkylation sites (tertiary alicyclic amines) is 1. The zero-order valence-electron chi connectivity index (χ0n) is 12.6. The van der Waals surface area contributed by atoms with Crippen molar-refractivity contribution in [1.29, 1.82) is 0 Å². The Hall–Kier alpha value is -1.95. The van der Waals surface area contributed by atoms with Gasteiger partial charge in [0.15, 0.2) is 0 Å². The molecule has 122 valence electrons. The number of carboxylic acids is 1. The number of amides is 1. The Morgan fingerprint density at radius 2 is 2.13 bits per heavy atom. The van der Waals surface area contributed by atoms with E-state index < -0.39 is 5.97 Å². The first-order valence-corrected chi connectivity index (χ1v) is 8.58. The molecule has 1 amide bonds. The zero-order valence-corrected chi connectivity index (χ0v) is 13.4. The number of rotatable bonds is 4. The summed E-state index contributed by atoms with van der Waals surface area (Å²) in [7, 11) is 0. The number of fused-ring (bicyclic) bond motifs is 1. The molecule has 0 spiro atoms. The van der Waals surface area contributed by atoms with Gasteiger partial charge in [0.25, 0.3) is 5.91 Å². The van der Waals surface area contributed by atoms with E-state index in [-0.39, 0.29) is 24.2 Å². The van der Waals surface area contributed by atoms with Gasteiger partial charge in [-0.2, -0.15) is 0 Å². The standard InChI is InChI=1S/C17H18FNO3S/c18-12-4-6-14-11(9-12)10-15(23-14)17(22)19-8-2-1-3-13(19)5-7-16(20)21/h4,6,9-10,13H,1-3,5,7-8H2,(H,20,21). The fourth-order valence-electron chi connectivity index (χ4n) is 3.12. The molecule has 0 aliphatic carbocycles. The number of hydrogen-bond donors (Lipinski definition) is 1. The number of aliphatic carboxylic acids is 1. The molecule has 1 atom stereocenters. The minimum absolute atomic E-state index is 0.0192. The molecule has 0 radical (unpaired) electrons. The number of piperidine rings is 1. The Kier molecular flexibility index (Phi) is 4.61. The van der Waals surface area contributed by atoms with Crippen molar-refractivity contribution in [2.45, 2.75) is 38.1 Å². The van der Waals surface area contributed by atoms with Crippen molar-refractivity contribution in [3.63, 3.8) is 0 Å². The predicted molar refractivity (Wildman–Crippen MR) is 87.3 cm³/mol. The highest BCUT2D eigenvalue weighted by Crippen LogP contribution is 2.30. The fraction of sp³-hybridized carbons (Fsp3) is 0.412. The molecule has 1 aliphatic heterocycles. The second-order valence-electron chi connectivity index (χ2n) is 5.87. The number of carbonyl (C=O) groups is 2. The lowest BCUT2D eigenvalue weighted by molar-refractivity contribution is -0.137. The predicted octanol–water partition coefficient (Wildman–Crippen LogP) is 3.90. The van der Waals surface area contributed by atoms with Gasteiger partial charge in [-0.05, 0) is 55.3 Å². The number of hydrogen-bond acceptors (Lipinski definition) is 3. The van der Waals surface area contributed by atoms with Gasteiger partial charge in [-0.1, -0.05) is 0 Å². The number of benzene rings is 1. The molecule has 1 saturated heterocycles. The Morgan fingerprint density at radius 3 is 2.91 bits per heavy atom. The van der Waals surface area contributed by atoms with Crippen molar-refractivity contribution in [2.24, 2.45) is 0 Å². The van der Waals surface area contributed by atoms with E-state index in [9.17, 15) is 14.0 Å². The first-order valence-electron chi connectivity index (χ1n) is 7.76. The van der Waals surface area contributed by atoms with Crippen LogP contribution in [0, 0.1) is 5.82 Å². The second-order valence-corrected chi connectivity index (χ2v) is 6.96. The van der Waals surface area contributed by atoms with Crippen LogP contribution in [0.3, 0.4) is 0 Å². The molecule has 1 aromatic heterocycles. The molecular weight excluding hydrogens is 317 g/mol. The van der Waals surface area contributed by atoms with Gasteiger partial charge in [0.1, 0.15) is 5.82 Å². The van der Waals surface area contributed by atoms with Gasteiger partial charge < -0.3 is 10.0 Å². The molecule has 1 aliphatic rings. The molecule has 2 aromatic rings. The second kappa shape index (κ2) is 6.66. The van der Waals surface area contributed by atoms with Gasteiger partial charge in [-0.3, -0.25) is 9.59 Å². The number of thiophene rings is 1. The Balaban J connectivity index is 1.81. The third-order valence-electron chi connectivity index (χ3n) is 4.27. The van der Waals surface area contributed by atoms with Crippen molar-refractivity contribution in [2.75, 3.05) is 6.54 Å². The van der Waals surface area contributed by atoms with E-state index in [0.29, 0.717) is 17.8 Å². The van der Waals surface area contributed by atoms with E-state index in [1.54, 1.807) is 17.0 Å². The van der Waals surface area contributed by atoms with Crippen molar-refractivity contribution in [1.82, 2.24) is 4.90 Å². The van der Waals surface area contributed by atoms with Crippen molar-refractivity contribution in [3.8, 4) is 0 Å². The lowest BCUT2D eigenvalue weighted by Crippen LogP contribution is -2.43. The third-order valence-corrected chi connectivity index (χ3v) is 5.37. The third kappa shape index (κ3) is 3.52. The summed E-state index contributed by atoms with van der Waals surface area (Å²) in [4.78, 5) is 26.0. The molecule has 1 fully saturated rings. The highest BCUT2D eigenvalue weighted by molar-refractivity contribution is 7.20.